The molecular weight excluding hydrogens is 330 g/mol. The summed E-state index contributed by atoms with van der Waals surface area (Å²) in [6.45, 7) is 0. The van der Waals surface area contributed by atoms with Crippen LogP contribution >= 0.6 is 0 Å². The first kappa shape index (κ1) is 19.0. The largest absolute Gasteiger partial charge is 1.00 e. The molecule has 2 aromatic rings. The fraction of sp³-hybridized carbons (Fsp3) is 0.0769. The zero-order chi connectivity index (χ0) is 15.7. The fourth-order valence-corrected chi connectivity index (χ4v) is 2.19. The summed E-state index contributed by atoms with van der Waals surface area (Å²) in [5.74, 6) is 0. The Bertz CT molecular complexity index is 752. The van der Waals surface area contributed by atoms with Gasteiger partial charge in [-0.15, -0.1) is 0 Å². The van der Waals surface area contributed by atoms with Gasteiger partial charge in [-0.3, -0.25) is 9.27 Å². The van der Waals surface area contributed by atoms with E-state index in [1.165, 1.54) is 30.3 Å². The van der Waals surface area contributed by atoms with Crippen LogP contribution in [0.5, 0.6) is 0 Å². The quantitative estimate of drug-likeness (QED) is 0.638. The van der Waals surface area contributed by atoms with Crippen molar-refractivity contribution in [2.75, 3.05) is 4.72 Å². The maximum atomic E-state index is 12.5. The minimum atomic E-state index is -4.41. The Hall–Kier alpha value is -1.06. The average molecular weight is 341 g/mol. The van der Waals surface area contributed by atoms with Crippen LogP contribution in [0.25, 0.3) is 11.1 Å². The molecule has 2 rings (SSSR count). The molecule has 0 atom stereocenters. The van der Waals surface area contributed by atoms with Gasteiger partial charge in [0.1, 0.15) is 0 Å². The molecule has 0 bridgehead atoms. The molecule has 0 unspecified atom stereocenters. The van der Waals surface area contributed by atoms with Crippen molar-refractivity contribution in [3.8, 4) is 11.1 Å². The van der Waals surface area contributed by atoms with Gasteiger partial charge < -0.3 is 1.43 Å². The average Bonchev–Trinajstić information content (AvgIpc) is 2.36. The monoisotopic (exact) mass is 341 g/mol. The van der Waals surface area contributed by atoms with Gasteiger partial charge in [-0.1, -0.05) is 24.3 Å². The number of hydrogen-bond donors (Lipinski definition) is 2. The minimum absolute atomic E-state index is 0. The van der Waals surface area contributed by atoms with Crippen LogP contribution in [-0.2, 0) is 16.5 Å². The zero-order valence-corrected chi connectivity index (χ0v) is 14.2. The summed E-state index contributed by atoms with van der Waals surface area (Å²) in [4.78, 5) is 0. The number of alkyl halides is 3. The minimum Gasteiger partial charge on any atom is -1.00 e. The maximum absolute atomic E-state index is 12.5. The molecule has 0 fully saturated rings. The predicted octanol–water partition coefficient (Wildman–Crippen LogP) is 0.704. The Labute approximate surface area is 149 Å². The third-order valence-corrected chi connectivity index (χ3v) is 3.15. The van der Waals surface area contributed by atoms with Gasteiger partial charge in [-0.25, -0.2) is 0 Å². The van der Waals surface area contributed by atoms with Crippen LogP contribution in [-0.4, -0.2) is 13.0 Å². The second kappa shape index (κ2) is 7.01. The number of hydrogen-bond acceptors (Lipinski definition) is 2. The maximum Gasteiger partial charge on any atom is 1.00 e. The molecule has 9 heteroatoms. The number of anilines is 1. The van der Waals surface area contributed by atoms with E-state index in [2.05, 4.69) is 0 Å². The zero-order valence-electron chi connectivity index (χ0n) is 12.4. The number of benzene rings is 2. The van der Waals surface area contributed by atoms with Crippen LogP contribution in [0.15, 0.2) is 48.5 Å². The van der Waals surface area contributed by atoms with E-state index in [1.54, 1.807) is 6.07 Å². The van der Waals surface area contributed by atoms with Crippen LogP contribution in [0.2, 0.25) is 0 Å². The van der Waals surface area contributed by atoms with E-state index in [9.17, 15) is 21.6 Å². The van der Waals surface area contributed by atoms with Crippen molar-refractivity contribution in [3.63, 3.8) is 0 Å². The predicted molar refractivity (Wildman–Crippen MR) is 73.2 cm³/mol. The topological polar surface area (TPSA) is 66.4 Å². The molecule has 0 spiro atoms. The smallest absolute Gasteiger partial charge is 1.00 e. The van der Waals surface area contributed by atoms with Gasteiger partial charge in [0.2, 0.25) is 0 Å². The number of halogens is 3. The molecule has 22 heavy (non-hydrogen) atoms. The molecule has 2 aromatic carbocycles. The summed E-state index contributed by atoms with van der Waals surface area (Å²) in [6, 6.07) is 10.4. The summed E-state index contributed by atoms with van der Waals surface area (Å²) >= 11 is 0. The van der Waals surface area contributed by atoms with Gasteiger partial charge >= 0.3 is 46.0 Å². The van der Waals surface area contributed by atoms with E-state index in [4.69, 9.17) is 4.55 Å². The van der Waals surface area contributed by atoms with Crippen molar-refractivity contribution in [1.29, 1.82) is 0 Å². The van der Waals surface area contributed by atoms with Crippen molar-refractivity contribution in [1.82, 2.24) is 0 Å². The molecule has 0 amide bonds. The third kappa shape index (κ3) is 5.29. The molecular formula is C13H11F3NNaO3S. The van der Waals surface area contributed by atoms with Crippen molar-refractivity contribution in [3.05, 3.63) is 54.1 Å². The summed E-state index contributed by atoms with van der Waals surface area (Å²) in [6.07, 6.45) is -4.41. The molecule has 0 aliphatic carbocycles. The van der Waals surface area contributed by atoms with Gasteiger partial charge in [-0.2, -0.15) is 21.6 Å². The first-order valence-electron chi connectivity index (χ1n) is 5.68. The van der Waals surface area contributed by atoms with E-state index in [-0.39, 0.29) is 36.7 Å². The van der Waals surface area contributed by atoms with Crippen molar-refractivity contribution < 1.29 is 57.1 Å². The summed E-state index contributed by atoms with van der Waals surface area (Å²) in [7, 11) is -4.40. The second-order valence-electron chi connectivity index (χ2n) is 4.23. The fourth-order valence-electron chi connectivity index (χ4n) is 1.76. The molecule has 0 saturated carbocycles. The molecule has 0 saturated heterocycles. The number of nitrogens with one attached hydrogen (secondary N) is 1. The summed E-state index contributed by atoms with van der Waals surface area (Å²) in [5.41, 5.74) is 0.340. The van der Waals surface area contributed by atoms with Gasteiger partial charge in [0.25, 0.3) is 0 Å². The van der Waals surface area contributed by atoms with E-state index >= 15 is 0 Å². The molecule has 4 nitrogen and oxygen atoms in total. The van der Waals surface area contributed by atoms with E-state index < -0.39 is 22.0 Å². The SMILES string of the molecule is O=S(=O)(O)Nc1cccc(-c2ccc(C(F)(F)F)cc2)c1.[H-].[Na+]. The van der Waals surface area contributed by atoms with Gasteiger partial charge in [-0.05, 0) is 35.4 Å². The van der Waals surface area contributed by atoms with Crippen molar-refractivity contribution in [2.45, 2.75) is 6.18 Å². The summed E-state index contributed by atoms with van der Waals surface area (Å²) < 4.78 is 69.4. The summed E-state index contributed by atoms with van der Waals surface area (Å²) in [5, 5.41) is 0. The molecule has 114 valence electrons. The molecule has 0 heterocycles. The van der Waals surface area contributed by atoms with Crippen molar-refractivity contribution in [2.24, 2.45) is 0 Å². The third-order valence-electron chi connectivity index (χ3n) is 2.65. The molecule has 0 aromatic heterocycles. The molecule has 0 aliphatic heterocycles. The van der Waals surface area contributed by atoms with E-state index in [0.29, 0.717) is 11.1 Å². The molecule has 2 N–H and O–H groups in total. The van der Waals surface area contributed by atoms with Crippen LogP contribution in [0.1, 0.15) is 6.99 Å². The Morgan fingerprint density at radius 1 is 1.00 bits per heavy atom. The molecule has 0 aliphatic rings. The van der Waals surface area contributed by atoms with E-state index in [1.807, 2.05) is 4.72 Å². The Balaban J connectivity index is 0.00000242. The van der Waals surface area contributed by atoms with E-state index in [0.717, 1.165) is 12.1 Å². The standard InChI is InChI=1S/C13H10F3NO3S.Na.H/c14-13(15,16)11-6-4-9(5-7-11)10-2-1-3-12(8-10)17-21(18,19)20;;/h1-8,17H,(H,18,19,20);;/q;+1;-1. The Kier molecular flexibility index (Phi) is 6.05. The van der Waals surface area contributed by atoms with Gasteiger partial charge in [0.05, 0.1) is 11.3 Å². The van der Waals surface area contributed by atoms with Crippen molar-refractivity contribution >= 4 is 16.0 Å². The first-order valence-corrected chi connectivity index (χ1v) is 7.12. The van der Waals surface area contributed by atoms with Crippen LogP contribution in [0.4, 0.5) is 18.9 Å². The number of rotatable bonds is 3. The van der Waals surface area contributed by atoms with Crippen LogP contribution < -0.4 is 34.3 Å². The normalized spacial score (nSPS) is 11.6. The van der Waals surface area contributed by atoms with Crippen LogP contribution in [0.3, 0.4) is 0 Å². The first-order chi connectivity index (χ1) is 9.65. The van der Waals surface area contributed by atoms with Crippen LogP contribution in [0, 0.1) is 0 Å². The molecule has 0 radical (unpaired) electrons. The van der Waals surface area contributed by atoms with Gasteiger partial charge in [0, 0.05) is 0 Å². The van der Waals surface area contributed by atoms with Gasteiger partial charge in [0.15, 0.2) is 0 Å². The Morgan fingerprint density at radius 3 is 2.09 bits per heavy atom. The second-order valence-corrected chi connectivity index (χ2v) is 5.39. The Morgan fingerprint density at radius 2 is 1.59 bits per heavy atom.